The molecule has 5 heteroatoms. The van der Waals surface area contributed by atoms with E-state index < -0.39 is 0 Å². The molecule has 3 rings (SSSR count). The summed E-state index contributed by atoms with van der Waals surface area (Å²) < 4.78 is 11.2. The first kappa shape index (κ1) is 19.7. The molecule has 2 aromatic rings. The van der Waals surface area contributed by atoms with Crippen LogP contribution in [0.2, 0.25) is 0 Å². The average Bonchev–Trinajstić information content (AvgIpc) is 2.74. The maximum absolute atomic E-state index is 12.2. The van der Waals surface area contributed by atoms with E-state index in [2.05, 4.69) is 22.7 Å². The molecule has 1 N–H and O–H groups in total. The molecule has 28 heavy (non-hydrogen) atoms. The number of hydrogen-bond acceptors (Lipinski definition) is 4. The summed E-state index contributed by atoms with van der Waals surface area (Å²) in [5, 5.41) is 4.10. The molecule has 0 aromatic heterocycles. The van der Waals surface area contributed by atoms with Gasteiger partial charge in [-0.25, -0.2) is 5.43 Å². The van der Waals surface area contributed by atoms with Crippen molar-refractivity contribution < 1.29 is 14.3 Å². The normalized spacial score (nSPS) is 16.1. The number of nitrogens with one attached hydrogen (secondary N) is 1. The van der Waals surface area contributed by atoms with Gasteiger partial charge >= 0.3 is 0 Å². The Morgan fingerprint density at radius 1 is 1.07 bits per heavy atom. The number of hydrazone groups is 1. The molecular formula is C23H26N2O3. The predicted molar refractivity (Wildman–Crippen MR) is 111 cm³/mol. The number of nitrogens with zero attached hydrogens (tertiary/aromatic N) is 1. The highest BCUT2D eigenvalue weighted by molar-refractivity contribution is 5.94. The molecule has 1 aliphatic rings. The molecule has 1 aliphatic carbocycles. The van der Waals surface area contributed by atoms with Gasteiger partial charge in [0, 0.05) is 11.8 Å². The van der Waals surface area contributed by atoms with Gasteiger partial charge in [-0.2, -0.15) is 5.10 Å². The van der Waals surface area contributed by atoms with E-state index >= 15 is 0 Å². The van der Waals surface area contributed by atoms with Gasteiger partial charge in [-0.1, -0.05) is 24.3 Å². The first-order valence-corrected chi connectivity index (χ1v) is 9.67. The van der Waals surface area contributed by atoms with Gasteiger partial charge in [0.1, 0.15) is 18.1 Å². The Kier molecular flexibility index (Phi) is 7.24. The Morgan fingerprint density at radius 2 is 1.79 bits per heavy atom. The molecule has 0 saturated carbocycles. The Labute approximate surface area is 166 Å². The largest absolute Gasteiger partial charge is 0.494 e. The number of benzene rings is 2. The minimum Gasteiger partial charge on any atom is -0.494 e. The Hall–Kier alpha value is -3.08. The van der Waals surface area contributed by atoms with Gasteiger partial charge in [-0.15, -0.1) is 0 Å². The van der Waals surface area contributed by atoms with Gasteiger partial charge in [0.05, 0.1) is 6.61 Å². The van der Waals surface area contributed by atoms with Crippen LogP contribution < -0.4 is 14.9 Å². The fourth-order valence-corrected chi connectivity index (χ4v) is 2.94. The number of carbonyl (C=O) groups is 1. The third-order valence-electron chi connectivity index (χ3n) is 4.52. The predicted octanol–water partition coefficient (Wildman–Crippen LogP) is 4.74. The zero-order valence-electron chi connectivity index (χ0n) is 16.1. The highest BCUT2D eigenvalue weighted by Gasteiger charge is 2.08. The maximum atomic E-state index is 12.2. The van der Waals surface area contributed by atoms with E-state index in [-0.39, 0.29) is 5.91 Å². The molecule has 0 spiro atoms. The smallest absolute Gasteiger partial charge is 0.271 e. The average molecular weight is 378 g/mol. The second kappa shape index (κ2) is 10.3. The van der Waals surface area contributed by atoms with Gasteiger partial charge in [-0.05, 0) is 74.1 Å². The summed E-state index contributed by atoms with van der Waals surface area (Å²) in [7, 11) is 0. The van der Waals surface area contributed by atoms with Crippen LogP contribution in [0.25, 0.3) is 0 Å². The van der Waals surface area contributed by atoms with E-state index in [9.17, 15) is 4.79 Å². The number of ether oxygens (including phenoxy) is 2. The van der Waals surface area contributed by atoms with Crippen molar-refractivity contribution in [1.82, 2.24) is 5.43 Å². The molecule has 0 aliphatic heterocycles. The van der Waals surface area contributed by atoms with E-state index in [4.69, 9.17) is 9.47 Å². The van der Waals surface area contributed by atoms with Crippen LogP contribution in [0.3, 0.4) is 0 Å². The summed E-state index contributed by atoms with van der Waals surface area (Å²) in [5.41, 5.74) is 4.17. The summed E-state index contributed by atoms with van der Waals surface area (Å²) in [4.78, 5) is 12.2. The summed E-state index contributed by atoms with van der Waals surface area (Å²) >= 11 is 0. The van der Waals surface area contributed by atoms with E-state index in [0.29, 0.717) is 24.7 Å². The number of hydrogen-bond donors (Lipinski definition) is 1. The number of allylic oxidation sites excluding steroid dienone is 2. The molecule has 1 atom stereocenters. The quantitative estimate of drug-likeness (QED) is 0.410. The lowest BCUT2D eigenvalue weighted by Crippen LogP contribution is -2.18. The fraction of sp³-hybridized carbons (Fsp3) is 0.304. The highest BCUT2D eigenvalue weighted by Crippen LogP contribution is 2.19. The lowest BCUT2D eigenvalue weighted by Gasteiger charge is -2.11. The summed E-state index contributed by atoms with van der Waals surface area (Å²) in [6, 6.07) is 14.9. The van der Waals surface area contributed by atoms with Crippen LogP contribution in [0.4, 0.5) is 0 Å². The molecule has 0 radical (unpaired) electrons. The number of amides is 1. The van der Waals surface area contributed by atoms with Crippen LogP contribution >= 0.6 is 0 Å². The van der Waals surface area contributed by atoms with Gasteiger partial charge in [-0.3, -0.25) is 4.79 Å². The topological polar surface area (TPSA) is 59.9 Å². The maximum Gasteiger partial charge on any atom is 0.271 e. The van der Waals surface area contributed by atoms with E-state index in [0.717, 1.165) is 36.3 Å². The minimum atomic E-state index is -0.207. The lowest BCUT2D eigenvalue weighted by molar-refractivity contribution is 0.0955. The Morgan fingerprint density at radius 3 is 2.43 bits per heavy atom. The first-order valence-electron chi connectivity index (χ1n) is 9.67. The van der Waals surface area contributed by atoms with Gasteiger partial charge in [0.2, 0.25) is 0 Å². The minimum absolute atomic E-state index is 0.207. The standard InChI is InChI=1S/C23H26N2O3/c1-2-27-21-12-14-22(15-13-21)28-17-19-8-10-20(11-9-19)23(26)25-24-16-18-6-4-3-5-7-18/h3-4,8-16,18H,2,5-7,17H2,1H3,(H,25,26)/b24-16-/t18-/m1/s1. The molecule has 5 nitrogen and oxygen atoms in total. The van der Waals surface area contributed by atoms with Crippen molar-refractivity contribution in [2.45, 2.75) is 32.8 Å². The molecule has 0 bridgehead atoms. The van der Waals surface area contributed by atoms with Crippen molar-refractivity contribution in [1.29, 1.82) is 0 Å². The summed E-state index contributed by atoms with van der Waals surface area (Å²) in [6.45, 7) is 3.03. The van der Waals surface area contributed by atoms with Gasteiger partial charge < -0.3 is 9.47 Å². The zero-order valence-corrected chi connectivity index (χ0v) is 16.1. The van der Waals surface area contributed by atoms with Crippen molar-refractivity contribution in [3.8, 4) is 11.5 Å². The van der Waals surface area contributed by atoms with Crippen molar-refractivity contribution in [3.63, 3.8) is 0 Å². The van der Waals surface area contributed by atoms with Crippen LogP contribution in [0.15, 0.2) is 65.8 Å². The first-order chi connectivity index (χ1) is 13.7. The Balaban J connectivity index is 1.46. The van der Waals surface area contributed by atoms with Gasteiger partial charge in [0.15, 0.2) is 0 Å². The van der Waals surface area contributed by atoms with Crippen molar-refractivity contribution >= 4 is 12.1 Å². The lowest BCUT2D eigenvalue weighted by atomic mass is 9.96. The Bertz CT molecular complexity index is 811. The zero-order chi connectivity index (χ0) is 19.6. The van der Waals surface area contributed by atoms with Gasteiger partial charge in [0.25, 0.3) is 5.91 Å². The monoisotopic (exact) mass is 378 g/mol. The number of carbonyl (C=O) groups excluding carboxylic acids is 1. The van der Waals surface area contributed by atoms with Crippen molar-refractivity contribution in [2.24, 2.45) is 11.0 Å². The summed E-state index contributed by atoms with van der Waals surface area (Å²) in [5.74, 6) is 1.80. The van der Waals surface area contributed by atoms with E-state index in [1.165, 1.54) is 0 Å². The molecular weight excluding hydrogens is 352 g/mol. The third kappa shape index (κ3) is 5.98. The second-order valence-electron chi connectivity index (χ2n) is 6.65. The molecule has 0 saturated heterocycles. The summed E-state index contributed by atoms with van der Waals surface area (Å²) in [6.07, 6.45) is 9.33. The molecule has 2 aromatic carbocycles. The molecule has 1 amide bonds. The van der Waals surface area contributed by atoms with Crippen LogP contribution in [0.1, 0.15) is 42.1 Å². The van der Waals surface area contributed by atoms with Crippen LogP contribution in [-0.4, -0.2) is 18.7 Å². The number of rotatable bonds is 8. The van der Waals surface area contributed by atoms with Crippen LogP contribution in [0, 0.1) is 5.92 Å². The fourth-order valence-electron chi connectivity index (χ4n) is 2.94. The van der Waals surface area contributed by atoms with Crippen molar-refractivity contribution in [3.05, 3.63) is 71.8 Å². The molecule has 0 heterocycles. The van der Waals surface area contributed by atoms with E-state index in [1.54, 1.807) is 12.1 Å². The molecule has 0 fully saturated rings. The molecule has 0 unspecified atom stereocenters. The SMILES string of the molecule is CCOc1ccc(OCc2ccc(C(=O)N/N=C\[C@@H]3CC=CCC3)cc2)cc1. The van der Waals surface area contributed by atoms with E-state index in [1.807, 2.05) is 49.5 Å². The second-order valence-corrected chi connectivity index (χ2v) is 6.65. The molecule has 146 valence electrons. The van der Waals surface area contributed by atoms with Crippen LogP contribution in [0.5, 0.6) is 11.5 Å². The van der Waals surface area contributed by atoms with Crippen molar-refractivity contribution in [2.75, 3.05) is 6.61 Å². The highest BCUT2D eigenvalue weighted by atomic mass is 16.5. The third-order valence-corrected chi connectivity index (χ3v) is 4.52. The van der Waals surface area contributed by atoms with Crippen LogP contribution in [-0.2, 0) is 6.61 Å².